The van der Waals surface area contributed by atoms with Crippen LogP contribution in [0, 0.1) is 11.3 Å². The summed E-state index contributed by atoms with van der Waals surface area (Å²) >= 11 is 5.09. The van der Waals surface area contributed by atoms with Crippen molar-refractivity contribution in [2.24, 2.45) is 17.1 Å². The summed E-state index contributed by atoms with van der Waals surface area (Å²) in [5, 5.41) is 2.95. The number of nitrogens with two attached hydrogens (primary N) is 1. The van der Waals surface area contributed by atoms with Crippen molar-refractivity contribution in [1.82, 2.24) is 10.3 Å². The summed E-state index contributed by atoms with van der Waals surface area (Å²) in [6, 6.07) is 3.94. The zero-order valence-corrected chi connectivity index (χ0v) is 12.8. The van der Waals surface area contributed by atoms with Gasteiger partial charge in [0.1, 0.15) is 0 Å². The van der Waals surface area contributed by atoms with Gasteiger partial charge in [-0.2, -0.15) is 0 Å². The van der Waals surface area contributed by atoms with E-state index in [1.54, 1.807) is 6.20 Å². The van der Waals surface area contributed by atoms with Gasteiger partial charge in [0.25, 0.3) is 0 Å². The minimum atomic E-state index is -0.643. The van der Waals surface area contributed by atoms with E-state index in [0.29, 0.717) is 17.5 Å². The summed E-state index contributed by atoms with van der Waals surface area (Å²) in [6.45, 7) is 4.62. The number of carbonyl (C=O) groups excluding carboxylic acids is 1. The molecule has 0 bridgehead atoms. The van der Waals surface area contributed by atoms with Gasteiger partial charge in [-0.3, -0.25) is 9.78 Å². The zero-order chi connectivity index (χ0) is 14.8. The predicted octanol–water partition coefficient (Wildman–Crippen LogP) is 1.96. The van der Waals surface area contributed by atoms with Crippen LogP contribution in [0.5, 0.6) is 0 Å². The Kier molecular flexibility index (Phi) is 4.38. The van der Waals surface area contributed by atoms with Crippen molar-refractivity contribution in [3.8, 4) is 0 Å². The fourth-order valence-electron chi connectivity index (χ4n) is 2.91. The quantitative estimate of drug-likeness (QED) is 0.814. The third-order valence-corrected chi connectivity index (χ3v) is 4.47. The van der Waals surface area contributed by atoms with Crippen molar-refractivity contribution < 1.29 is 4.79 Å². The molecule has 1 aliphatic rings. The van der Waals surface area contributed by atoms with Crippen molar-refractivity contribution >= 4 is 23.1 Å². The summed E-state index contributed by atoms with van der Waals surface area (Å²) in [5.41, 5.74) is 7.20. The van der Waals surface area contributed by atoms with E-state index < -0.39 is 5.41 Å². The number of aryl methyl sites for hydroxylation is 1. The second kappa shape index (κ2) is 5.87. The number of amides is 1. The van der Waals surface area contributed by atoms with E-state index in [2.05, 4.69) is 24.1 Å². The minimum absolute atomic E-state index is 0.0594. The van der Waals surface area contributed by atoms with Crippen LogP contribution in [0.15, 0.2) is 18.3 Å². The number of nitrogens with zero attached hydrogens (tertiary/aromatic N) is 1. The van der Waals surface area contributed by atoms with E-state index in [1.807, 2.05) is 12.1 Å². The molecule has 1 amide bonds. The van der Waals surface area contributed by atoms with E-state index in [-0.39, 0.29) is 5.91 Å². The molecule has 1 aliphatic carbocycles. The lowest BCUT2D eigenvalue weighted by atomic mass is 9.62. The molecule has 1 saturated carbocycles. The molecule has 4 nitrogen and oxygen atoms in total. The summed E-state index contributed by atoms with van der Waals surface area (Å²) < 4.78 is 0. The Morgan fingerprint density at radius 3 is 2.85 bits per heavy atom. The summed E-state index contributed by atoms with van der Waals surface area (Å²) in [4.78, 5) is 17.0. The number of carbonyl (C=O) groups is 1. The van der Waals surface area contributed by atoms with Crippen LogP contribution in [0.4, 0.5) is 0 Å². The maximum absolute atomic E-state index is 12.4. The Bertz CT molecular complexity index is 524. The first-order valence-corrected chi connectivity index (χ1v) is 7.41. The molecule has 20 heavy (non-hydrogen) atoms. The van der Waals surface area contributed by atoms with E-state index in [4.69, 9.17) is 18.0 Å². The van der Waals surface area contributed by atoms with Crippen molar-refractivity contribution in [1.29, 1.82) is 0 Å². The molecule has 1 heterocycles. The minimum Gasteiger partial charge on any atom is -0.392 e. The molecule has 1 fully saturated rings. The van der Waals surface area contributed by atoms with Crippen LogP contribution in [-0.4, -0.2) is 15.9 Å². The Morgan fingerprint density at radius 2 is 2.30 bits per heavy atom. The molecule has 2 rings (SSSR count). The predicted molar refractivity (Wildman–Crippen MR) is 83.1 cm³/mol. The highest BCUT2D eigenvalue weighted by Gasteiger charge is 2.50. The number of thiocarbonyl (C=S) groups is 1. The lowest BCUT2D eigenvalue weighted by Crippen LogP contribution is -2.55. The van der Waals surface area contributed by atoms with Crippen molar-refractivity contribution in [2.45, 2.75) is 39.7 Å². The topological polar surface area (TPSA) is 68.0 Å². The number of hydrogen-bond acceptors (Lipinski definition) is 3. The van der Waals surface area contributed by atoms with Gasteiger partial charge in [0.15, 0.2) is 0 Å². The zero-order valence-electron chi connectivity index (χ0n) is 12.0. The lowest BCUT2D eigenvalue weighted by molar-refractivity contribution is -0.133. The van der Waals surface area contributed by atoms with Gasteiger partial charge < -0.3 is 11.1 Å². The number of hydrogen-bond donors (Lipinski definition) is 2. The molecule has 0 radical (unpaired) electrons. The second-order valence-electron chi connectivity index (χ2n) is 5.61. The molecule has 1 aromatic heterocycles. The average Bonchev–Trinajstić information content (AvgIpc) is 2.40. The van der Waals surface area contributed by atoms with E-state index in [0.717, 1.165) is 30.5 Å². The Balaban J connectivity index is 2.03. The molecule has 108 valence electrons. The van der Waals surface area contributed by atoms with Gasteiger partial charge in [-0.15, -0.1) is 0 Å². The molecule has 1 aromatic rings. The van der Waals surface area contributed by atoms with Crippen molar-refractivity contribution in [3.63, 3.8) is 0 Å². The third kappa shape index (κ3) is 2.68. The maximum atomic E-state index is 12.4. The molecule has 0 spiro atoms. The SMILES string of the molecule is CCc1cccnc1CNC(=O)C1(C(N)=S)CC(C)C1. The van der Waals surface area contributed by atoms with Gasteiger partial charge in [0.05, 0.1) is 22.6 Å². The summed E-state index contributed by atoms with van der Waals surface area (Å²) in [5.74, 6) is 0.444. The smallest absolute Gasteiger partial charge is 0.233 e. The molecule has 0 aliphatic heterocycles. The van der Waals surface area contributed by atoms with E-state index in [9.17, 15) is 4.79 Å². The molecular weight excluding hydrogens is 270 g/mol. The van der Waals surface area contributed by atoms with Gasteiger partial charge in [0.2, 0.25) is 5.91 Å². The largest absolute Gasteiger partial charge is 0.392 e. The third-order valence-electron chi connectivity index (χ3n) is 4.08. The number of rotatable bonds is 5. The van der Waals surface area contributed by atoms with Crippen LogP contribution >= 0.6 is 12.2 Å². The van der Waals surface area contributed by atoms with Crippen LogP contribution in [0.25, 0.3) is 0 Å². The number of pyridine rings is 1. The van der Waals surface area contributed by atoms with Crippen molar-refractivity contribution in [2.75, 3.05) is 0 Å². The fourth-order valence-corrected chi connectivity index (χ4v) is 3.17. The summed E-state index contributed by atoms with van der Waals surface area (Å²) in [7, 11) is 0. The monoisotopic (exact) mass is 291 g/mol. The van der Waals surface area contributed by atoms with Gasteiger partial charge in [-0.1, -0.05) is 32.1 Å². The van der Waals surface area contributed by atoms with Crippen LogP contribution in [0.3, 0.4) is 0 Å². The van der Waals surface area contributed by atoms with Crippen LogP contribution in [0.1, 0.15) is 37.9 Å². The molecule has 3 N–H and O–H groups in total. The molecule has 0 unspecified atom stereocenters. The Labute approximate surface area is 125 Å². The normalized spacial score (nSPS) is 24.8. The Hall–Kier alpha value is -1.49. The first kappa shape index (κ1) is 14.9. The number of aromatic nitrogens is 1. The standard InChI is InChI=1S/C15H21N3OS/c1-3-11-5-4-6-17-12(11)9-18-14(19)15(13(16)20)7-10(2)8-15/h4-6,10H,3,7-9H2,1-2H3,(H2,16,20)(H,18,19). The number of nitrogens with one attached hydrogen (secondary N) is 1. The van der Waals surface area contributed by atoms with E-state index in [1.165, 1.54) is 0 Å². The fraction of sp³-hybridized carbons (Fsp3) is 0.533. The Morgan fingerprint density at radius 1 is 1.60 bits per heavy atom. The lowest BCUT2D eigenvalue weighted by Gasteiger charge is -2.44. The highest BCUT2D eigenvalue weighted by Crippen LogP contribution is 2.45. The van der Waals surface area contributed by atoms with Crippen LogP contribution in [0.2, 0.25) is 0 Å². The first-order valence-electron chi connectivity index (χ1n) is 7.00. The van der Waals surface area contributed by atoms with Gasteiger partial charge in [-0.05, 0) is 36.8 Å². The van der Waals surface area contributed by atoms with Gasteiger partial charge in [-0.25, -0.2) is 0 Å². The average molecular weight is 291 g/mol. The first-order chi connectivity index (χ1) is 9.49. The van der Waals surface area contributed by atoms with E-state index >= 15 is 0 Å². The molecule has 0 atom stereocenters. The van der Waals surface area contributed by atoms with Gasteiger partial charge >= 0.3 is 0 Å². The molecular formula is C15H21N3OS. The van der Waals surface area contributed by atoms with Crippen LogP contribution in [-0.2, 0) is 17.8 Å². The molecule has 0 aromatic carbocycles. The maximum Gasteiger partial charge on any atom is 0.233 e. The summed E-state index contributed by atoms with van der Waals surface area (Å²) in [6.07, 6.45) is 4.14. The molecule has 5 heteroatoms. The second-order valence-corrected chi connectivity index (χ2v) is 6.05. The van der Waals surface area contributed by atoms with Gasteiger partial charge in [0, 0.05) is 6.20 Å². The molecule has 0 saturated heterocycles. The highest BCUT2D eigenvalue weighted by molar-refractivity contribution is 7.80. The van der Waals surface area contributed by atoms with Crippen molar-refractivity contribution in [3.05, 3.63) is 29.6 Å². The highest BCUT2D eigenvalue weighted by atomic mass is 32.1. The van der Waals surface area contributed by atoms with Crippen LogP contribution < -0.4 is 11.1 Å².